The Labute approximate surface area is 148 Å². The van der Waals surface area contributed by atoms with Gasteiger partial charge in [-0.15, -0.1) is 0 Å². The number of aryl methyl sites for hydroxylation is 1. The molecule has 1 saturated heterocycles. The van der Waals surface area contributed by atoms with Crippen LogP contribution in [0.3, 0.4) is 0 Å². The number of hydrogen-bond acceptors (Lipinski definition) is 5. The van der Waals surface area contributed by atoms with E-state index in [1.165, 1.54) is 5.56 Å². The topological polar surface area (TPSA) is 57.6 Å². The molecule has 0 aliphatic carbocycles. The van der Waals surface area contributed by atoms with Gasteiger partial charge >= 0.3 is 0 Å². The number of aliphatic hydroxyl groups excluding tert-OH is 1. The van der Waals surface area contributed by atoms with E-state index in [-0.39, 0.29) is 12.3 Å². The lowest BCUT2D eigenvalue weighted by Crippen LogP contribution is -2.37. The second-order valence-electron chi connectivity index (χ2n) is 6.97. The van der Waals surface area contributed by atoms with Crippen molar-refractivity contribution in [2.75, 3.05) is 25.0 Å². The van der Waals surface area contributed by atoms with Crippen molar-refractivity contribution < 1.29 is 9.84 Å². The number of aliphatic hydroxyl groups is 1. The lowest BCUT2D eigenvalue weighted by Gasteiger charge is -2.32. The number of nitrogens with one attached hydrogen (secondary N) is 1. The van der Waals surface area contributed by atoms with Crippen LogP contribution in [0.4, 0.5) is 5.69 Å². The molecule has 0 spiro atoms. The molecule has 1 aromatic heterocycles. The second-order valence-corrected chi connectivity index (χ2v) is 6.97. The van der Waals surface area contributed by atoms with Gasteiger partial charge in [0.25, 0.3) is 0 Å². The zero-order valence-electron chi connectivity index (χ0n) is 14.6. The summed E-state index contributed by atoms with van der Waals surface area (Å²) in [6.45, 7) is 1.98. The van der Waals surface area contributed by atoms with Gasteiger partial charge in [-0.3, -0.25) is 4.98 Å². The Hall–Kier alpha value is -2.11. The number of anilines is 1. The third-order valence-corrected chi connectivity index (χ3v) is 5.18. The maximum Gasteiger partial charge on any atom is 0.138 e. The fourth-order valence-electron chi connectivity index (χ4n) is 3.70. The summed E-state index contributed by atoms with van der Waals surface area (Å²) >= 11 is 0. The first kappa shape index (κ1) is 16.4. The van der Waals surface area contributed by atoms with E-state index in [2.05, 4.69) is 34.6 Å². The zero-order valence-corrected chi connectivity index (χ0v) is 14.6. The van der Waals surface area contributed by atoms with Gasteiger partial charge in [0.05, 0.1) is 6.20 Å². The first-order valence-corrected chi connectivity index (χ1v) is 9.07. The summed E-state index contributed by atoms with van der Waals surface area (Å²) in [7, 11) is 1.94. The predicted octanol–water partition coefficient (Wildman–Crippen LogP) is 2.58. The number of fused-ring (bicyclic) bond motifs is 1. The minimum absolute atomic E-state index is 0.226. The van der Waals surface area contributed by atoms with Gasteiger partial charge in [0.15, 0.2) is 0 Å². The molecule has 2 aliphatic heterocycles. The van der Waals surface area contributed by atoms with Crippen molar-refractivity contribution in [1.29, 1.82) is 0 Å². The fraction of sp³-hybridized carbons (Fsp3) is 0.450. The molecule has 0 bridgehead atoms. The predicted molar refractivity (Wildman–Crippen MR) is 98.9 cm³/mol. The molecule has 0 amide bonds. The summed E-state index contributed by atoms with van der Waals surface area (Å²) in [5.41, 5.74) is 4.59. The molecule has 3 heterocycles. The maximum absolute atomic E-state index is 10.00. The smallest absolute Gasteiger partial charge is 0.138 e. The average molecular weight is 339 g/mol. The molecule has 1 unspecified atom stereocenters. The van der Waals surface area contributed by atoms with Crippen LogP contribution in [-0.2, 0) is 6.42 Å². The zero-order chi connectivity index (χ0) is 17.2. The highest BCUT2D eigenvalue weighted by atomic mass is 16.5. The van der Waals surface area contributed by atoms with Crippen molar-refractivity contribution in [2.24, 2.45) is 0 Å². The third-order valence-electron chi connectivity index (χ3n) is 5.18. The highest BCUT2D eigenvalue weighted by molar-refractivity contribution is 5.70. The Morgan fingerprint density at radius 3 is 2.96 bits per heavy atom. The standard InChI is InChI=1S/C20H25N3O2/c1-23-19-6-4-14(9-15(19)5-7-20(23)24)16-10-18(13-22-11-16)25-17-3-2-8-21-12-17/h4,6,9-11,13,17,20-21,24H,2-3,5,7-8,12H2,1H3/t17-,20?/m0/s1. The van der Waals surface area contributed by atoms with Crippen molar-refractivity contribution in [3.8, 4) is 16.9 Å². The van der Waals surface area contributed by atoms with E-state index >= 15 is 0 Å². The van der Waals surface area contributed by atoms with Crippen molar-refractivity contribution >= 4 is 5.69 Å². The summed E-state index contributed by atoms with van der Waals surface area (Å²) in [4.78, 5) is 6.31. The molecule has 1 fully saturated rings. The summed E-state index contributed by atoms with van der Waals surface area (Å²) in [6.07, 6.45) is 7.42. The molecule has 2 aromatic rings. The largest absolute Gasteiger partial charge is 0.487 e. The first-order valence-electron chi connectivity index (χ1n) is 9.07. The van der Waals surface area contributed by atoms with Crippen LogP contribution >= 0.6 is 0 Å². The number of hydrogen-bond donors (Lipinski definition) is 2. The molecule has 4 rings (SSSR count). The molecule has 0 radical (unpaired) electrons. The van der Waals surface area contributed by atoms with Crippen LogP contribution in [0.2, 0.25) is 0 Å². The van der Waals surface area contributed by atoms with E-state index in [0.29, 0.717) is 0 Å². The first-order chi connectivity index (χ1) is 12.2. The monoisotopic (exact) mass is 339 g/mol. The van der Waals surface area contributed by atoms with Gasteiger partial charge in [-0.05, 0) is 61.6 Å². The maximum atomic E-state index is 10.00. The lowest BCUT2D eigenvalue weighted by molar-refractivity contribution is 0.160. The number of nitrogens with zero attached hydrogens (tertiary/aromatic N) is 2. The average Bonchev–Trinajstić information content (AvgIpc) is 2.66. The van der Waals surface area contributed by atoms with Gasteiger partial charge in [-0.1, -0.05) is 6.07 Å². The molecule has 5 heteroatoms. The van der Waals surface area contributed by atoms with Gasteiger partial charge in [0, 0.05) is 31.0 Å². The Kier molecular flexibility index (Phi) is 4.59. The number of piperidine rings is 1. The van der Waals surface area contributed by atoms with Crippen molar-refractivity contribution in [2.45, 2.75) is 38.0 Å². The van der Waals surface area contributed by atoms with Gasteiger partial charge in [-0.2, -0.15) is 0 Å². The molecule has 132 valence electrons. The number of rotatable bonds is 3. The number of benzene rings is 1. The Balaban J connectivity index is 1.56. The lowest BCUT2D eigenvalue weighted by atomic mass is 9.96. The van der Waals surface area contributed by atoms with Gasteiger partial charge in [-0.25, -0.2) is 0 Å². The van der Waals surface area contributed by atoms with Gasteiger partial charge < -0.3 is 20.1 Å². The summed E-state index contributed by atoms with van der Waals surface area (Å²) in [5, 5.41) is 13.4. The van der Waals surface area contributed by atoms with E-state index in [4.69, 9.17) is 4.74 Å². The van der Waals surface area contributed by atoms with Crippen LogP contribution in [0.1, 0.15) is 24.8 Å². The van der Waals surface area contributed by atoms with Crippen LogP contribution in [0.5, 0.6) is 5.75 Å². The summed E-state index contributed by atoms with van der Waals surface area (Å²) in [5.74, 6) is 0.830. The Morgan fingerprint density at radius 1 is 1.20 bits per heavy atom. The highest BCUT2D eigenvalue weighted by Gasteiger charge is 2.21. The molecule has 25 heavy (non-hydrogen) atoms. The molecule has 2 N–H and O–H groups in total. The molecule has 2 atom stereocenters. The van der Waals surface area contributed by atoms with Crippen LogP contribution in [0, 0.1) is 0 Å². The molecular formula is C20H25N3O2. The minimum atomic E-state index is -0.388. The molecule has 2 aliphatic rings. The fourth-order valence-corrected chi connectivity index (χ4v) is 3.70. The SMILES string of the molecule is CN1c2ccc(-c3cncc(O[C@H]4CCCNC4)c3)cc2CCC1O. The van der Waals surface area contributed by atoms with Crippen LogP contribution in [-0.4, -0.2) is 42.6 Å². The van der Waals surface area contributed by atoms with Crippen molar-refractivity contribution in [3.63, 3.8) is 0 Å². The highest BCUT2D eigenvalue weighted by Crippen LogP contribution is 2.33. The summed E-state index contributed by atoms with van der Waals surface area (Å²) < 4.78 is 6.09. The second kappa shape index (κ2) is 7.02. The van der Waals surface area contributed by atoms with Crippen LogP contribution in [0.15, 0.2) is 36.7 Å². The Morgan fingerprint density at radius 2 is 2.12 bits per heavy atom. The number of aromatic nitrogens is 1. The van der Waals surface area contributed by atoms with Crippen LogP contribution in [0.25, 0.3) is 11.1 Å². The molecule has 0 saturated carbocycles. The van der Waals surface area contributed by atoms with Crippen molar-refractivity contribution in [3.05, 3.63) is 42.2 Å². The van der Waals surface area contributed by atoms with Crippen LogP contribution < -0.4 is 15.0 Å². The normalized spacial score (nSPS) is 23.2. The molecule has 5 nitrogen and oxygen atoms in total. The van der Waals surface area contributed by atoms with Crippen molar-refractivity contribution in [1.82, 2.24) is 10.3 Å². The molecular weight excluding hydrogens is 314 g/mol. The van der Waals surface area contributed by atoms with E-state index in [9.17, 15) is 5.11 Å². The third kappa shape index (κ3) is 3.48. The van der Waals surface area contributed by atoms with Gasteiger partial charge in [0.1, 0.15) is 18.1 Å². The van der Waals surface area contributed by atoms with E-state index in [0.717, 1.165) is 61.3 Å². The number of pyridine rings is 1. The van der Waals surface area contributed by atoms with Gasteiger partial charge in [0.2, 0.25) is 0 Å². The van der Waals surface area contributed by atoms with E-state index in [1.54, 1.807) is 6.20 Å². The Bertz CT molecular complexity index is 743. The van der Waals surface area contributed by atoms with E-state index in [1.807, 2.05) is 18.1 Å². The number of ether oxygens (including phenoxy) is 1. The minimum Gasteiger partial charge on any atom is -0.487 e. The van der Waals surface area contributed by atoms with E-state index < -0.39 is 0 Å². The summed E-state index contributed by atoms with van der Waals surface area (Å²) in [6, 6.07) is 8.47. The molecule has 1 aromatic carbocycles. The quantitative estimate of drug-likeness (QED) is 0.900.